The van der Waals surface area contributed by atoms with Gasteiger partial charge in [0, 0.05) is 18.2 Å². The van der Waals surface area contributed by atoms with Crippen LogP contribution in [0.1, 0.15) is 29.2 Å². The monoisotopic (exact) mass is 391 g/mol. The van der Waals surface area contributed by atoms with Crippen molar-refractivity contribution in [3.05, 3.63) is 89.5 Å². The summed E-state index contributed by atoms with van der Waals surface area (Å²) in [5.74, 6) is -0.306. The van der Waals surface area contributed by atoms with E-state index in [9.17, 15) is 4.79 Å². The predicted octanol–water partition coefficient (Wildman–Crippen LogP) is 3.94. The highest BCUT2D eigenvalue weighted by molar-refractivity contribution is 5.71. The largest absolute Gasteiger partial charge is 0.489 e. The minimum absolute atomic E-state index is 0.0571. The Bertz CT molecular complexity index is 970. The van der Waals surface area contributed by atoms with E-state index in [1.54, 1.807) is 18.2 Å². The third-order valence-electron chi connectivity index (χ3n) is 4.72. The van der Waals surface area contributed by atoms with Crippen molar-refractivity contribution in [3.63, 3.8) is 0 Å². The molecule has 0 aliphatic carbocycles. The molecule has 0 aliphatic heterocycles. The molecule has 0 aliphatic rings. The molecule has 0 saturated heterocycles. The smallest absolute Gasteiger partial charge is 0.307 e. The van der Waals surface area contributed by atoms with Gasteiger partial charge in [-0.05, 0) is 46.9 Å². The number of aliphatic hydroxyl groups excluding tert-OH is 1. The fourth-order valence-electron chi connectivity index (χ4n) is 3.21. The maximum Gasteiger partial charge on any atom is 0.307 e. The Balaban J connectivity index is 1.76. The molecule has 5 nitrogen and oxygen atoms in total. The third-order valence-corrected chi connectivity index (χ3v) is 4.72. The van der Waals surface area contributed by atoms with Gasteiger partial charge in [0.25, 0.3) is 0 Å². The number of carbonyl (C=O) groups is 1. The van der Waals surface area contributed by atoms with Gasteiger partial charge >= 0.3 is 5.97 Å². The maximum absolute atomic E-state index is 11.0. The van der Waals surface area contributed by atoms with E-state index in [1.165, 1.54) is 0 Å². The molecule has 0 amide bonds. The van der Waals surface area contributed by atoms with Crippen LogP contribution in [0.25, 0.3) is 11.1 Å². The Morgan fingerprint density at radius 2 is 1.69 bits per heavy atom. The lowest BCUT2D eigenvalue weighted by atomic mass is 9.97. The summed E-state index contributed by atoms with van der Waals surface area (Å²) < 4.78 is 5.90. The summed E-state index contributed by atoms with van der Waals surface area (Å²) in [6.45, 7) is 0.399. The summed E-state index contributed by atoms with van der Waals surface area (Å²) in [6.07, 6.45) is 0.449. The first-order chi connectivity index (χ1) is 14.1. The highest BCUT2D eigenvalue weighted by Crippen LogP contribution is 2.26. The normalized spacial score (nSPS) is 11.8. The number of benzene rings is 3. The van der Waals surface area contributed by atoms with Crippen LogP contribution in [0, 0.1) is 0 Å². The first kappa shape index (κ1) is 20.6. The number of aliphatic carboxylic acids is 1. The van der Waals surface area contributed by atoms with E-state index in [4.69, 9.17) is 20.7 Å². The van der Waals surface area contributed by atoms with E-state index < -0.39 is 5.97 Å². The average molecular weight is 391 g/mol. The lowest BCUT2D eigenvalue weighted by Crippen LogP contribution is -2.11. The van der Waals surface area contributed by atoms with Crippen molar-refractivity contribution in [2.75, 3.05) is 6.61 Å². The molecule has 3 aromatic rings. The van der Waals surface area contributed by atoms with Crippen molar-refractivity contribution in [1.29, 1.82) is 0 Å². The van der Waals surface area contributed by atoms with Gasteiger partial charge in [0.15, 0.2) is 0 Å². The van der Waals surface area contributed by atoms with Crippen LogP contribution in [0.2, 0.25) is 0 Å². The lowest BCUT2D eigenvalue weighted by Gasteiger charge is -2.13. The number of carboxylic acid groups (broad SMARTS) is 1. The molecule has 1 atom stereocenters. The molecule has 4 N–H and O–H groups in total. The van der Waals surface area contributed by atoms with E-state index in [1.807, 2.05) is 48.5 Å². The van der Waals surface area contributed by atoms with Gasteiger partial charge in [-0.15, -0.1) is 0 Å². The zero-order valence-corrected chi connectivity index (χ0v) is 16.1. The molecule has 150 valence electrons. The van der Waals surface area contributed by atoms with Crippen molar-refractivity contribution in [1.82, 2.24) is 0 Å². The number of hydrogen-bond donors (Lipinski definition) is 3. The Kier molecular flexibility index (Phi) is 7.00. The predicted molar refractivity (Wildman–Crippen MR) is 113 cm³/mol. The summed E-state index contributed by atoms with van der Waals surface area (Å²) >= 11 is 0. The third kappa shape index (κ3) is 5.67. The molecule has 0 bridgehead atoms. The maximum atomic E-state index is 11.0. The summed E-state index contributed by atoms with van der Waals surface area (Å²) in [5.41, 5.74) is 10.8. The number of aliphatic hydroxyl groups is 1. The lowest BCUT2D eigenvalue weighted by molar-refractivity contribution is -0.136. The van der Waals surface area contributed by atoms with Crippen LogP contribution in [0.15, 0.2) is 72.8 Å². The van der Waals surface area contributed by atoms with Crippen LogP contribution in [-0.4, -0.2) is 22.8 Å². The minimum Gasteiger partial charge on any atom is -0.489 e. The molecule has 0 aromatic heterocycles. The molecule has 29 heavy (non-hydrogen) atoms. The van der Waals surface area contributed by atoms with Gasteiger partial charge in [-0.1, -0.05) is 54.6 Å². The number of carboxylic acids is 1. The molecule has 0 saturated carbocycles. The second-order valence-electron chi connectivity index (χ2n) is 6.91. The van der Waals surface area contributed by atoms with E-state index in [2.05, 4.69) is 6.07 Å². The number of ether oxygens (including phenoxy) is 1. The molecular formula is C24H25NO4. The zero-order chi connectivity index (χ0) is 20.6. The molecule has 5 heteroatoms. The van der Waals surface area contributed by atoms with E-state index >= 15 is 0 Å². The van der Waals surface area contributed by atoms with Gasteiger partial charge < -0.3 is 20.7 Å². The van der Waals surface area contributed by atoms with Gasteiger partial charge in [0.05, 0.1) is 6.42 Å². The summed E-state index contributed by atoms with van der Waals surface area (Å²) in [4.78, 5) is 11.0. The number of rotatable bonds is 9. The van der Waals surface area contributed by atoms with Crippen LogP contribution in [-0.2, 0) is 17.8 Å². The first-order valence-electron chi connectivity index (χ1n) is 9.55. The molecule has 3 rings (SSSR count). The van der Waals surface area contributed by atoms with Crippen molar-refractivity contribution in [2.45, 2.75) is 25.5 Å². The highest BCUT2D eigenvalue weighted by Gasteiger charge is 2.09. The molecule has 0 spiro atoms. The molecule has 0 radical (unpaired) electrons. The molecule has 0 heterocycles. The van der Waals surface area contributed by atoms with Crippen LogP contribution in [0.3, 0.4) is 0 Å². The minimum atomic E-state index is -0.887. The first-order valence-corrected chi connectivity index (χ1v) is 9.55. The van der Waals surface area contributed by atoms with Crippen molar-refractivity contribution >= 4 is 5.97 Å². The van der Waals surface area contributed by atoms with Gasteiger partial charge in [0.2, 0.25) is 0 Å². The molecule has 0 unspecified atom stereocenters. The number of hydrogen-bond acceptors (Lipinski definition) is 4. The van der Waals surface area contributed by atoms with Crippen molar-refractivity contribution in [3.8, 4) is 16.9 Å². The van der Waals surface area contributed by atoms with Gasteiger partial charge in [-0.25, -0.2) is 0 Å². The average Bonchev–Trinajstić information content (AvgIpc) is 2.73. The fourth-order valence-corrected chi connectivity index (χ4v) is 3.21. The SMILES string of the molecule is N[C@H](CCO)c1cccc(-c2cccc(COc3ccccc3CC(=O)O)c2)c1. The van der Waals surface area contributed by atoms with Crippen LogP contribution >= 0.6 is 0 Å². The van der Waals surface area contributed by atoms with Gasteiger partial charge in [-0.3, -0.25) is 4.79 Å². The summed E-state index contributed by atoms with van der Waals surface area (Å²) in [7, 11) is 0. The molecule has 3 aromatic carbocycles. The van der Waals surface area contributed by atoms with E-state index in [-0.39, 0.29) is 19.1 Å². The summed E-state index contributed by atoms with van der Waals surface area (Å²) in [5, 5.41) is 18.2. The highest BCUT2D eigenvalue weighted by atomic mass is 16.5. The Hall–Kier alpha value is -3.15. The molecular weight excluding hydrogens is 366 g/mol. The van der Waals surface area contributed by atoms with Crippen LogP contribution in [0.4, 0.5) is 0 Å². The van der Waals surface area contributed by atoms with Gasteiger partial charge in [0.1, 0.15) is 12.4 Å². The van der Waals surface area contributed by atoms with Crippen LogP contribution < -0.4 is 10.5 Å². The second-order valence-corrected chi connectivity index (χ2v) is 6.91. The quantitative estimate of drug-likeness (QED) is 0.514. The number of para-hydroxylation sites is 1. The molecule has 0 fully saturated rings. The Labute approximate surface area is 170 Å². The second kappa shape index (κ2) is 9.87. The van der Waals surface area contributed by atoms with Crippen LogP contribution in [0.5, 0.6) is 5.75 Å². The summed E-state index contributed by atoms with van der Waals surface area (Å²) in [6, 6.07) is 23.0. The zero-order valence-electron chi connectivity index (χ0n) is 16.1. The topological polar surface area (TPSA) is 92.8 Å². The van der Waals surface area contributed by atoms with E-state index in [0.717, 1.165) is 22.3 Å². The fraction of sp³-hybridized carbons (Fsp3) is 0.208. The number of nitrogens with two attached hydrogens (primary N) is 1. The van der Waals surface area contributed by atoms with Crippen molar-refractivity contribution < 1.29 is 19.7 Å². The van der Waals surface area contributed by atoms with Crippen molar-refractivity contribution in [2.24, 2.45) is 5.73 Å². The standard InChI is InChI=1S/C24H25NO4/c25-22(11-12-26)20-9-4-8-19(14-20)18-7-3-5-17(13-18)16-29-23-10-2-1-6-21(23)15-24(27)28/h1-10,13-14,22,26H,11-12,15-16,25H2,(H,27,28)/t22-/m1/s1. The Morgan fingerprint density at radius 1 is 0.966 bits per heavy atom. The van der Waals surface area contributed by atoms with E-state index in [0.29, 0.717) is 24.3 Å². The van der Waals surface area contributed by atoms with Gasteiger partial charge in [-0.2, -0.15) is 0 Å². The Morgan fingerprint density at radius 3 is 2.45 bits per heavy atom.